The smallest absolute Gasteiger partial charge is 0.246 e. The molecule has 1 fully saturated rings. The number of anilines is 1. The maximum atomic E-state index is 12.4. The van der Waals surface area contributed by atoms with Crippen LogP contribution in [-0.4, -0.2) is 70.7 Å². The van der Waals surface area contributed by atoms with Crippen LogP contribution >= 0.6 is 0 Å². The Morgan fingerprint density at radius 2 is 2.09 bits per heavy atom. The summed E-state index contributed by atoms with van der Waals surface area (Å²) >= 11 is 0. The average Bonchev–Trinajstić information content (AvgIpc) is 3.32. The number of aromatic nitrogens is 4. The van der Waals surface area contributed by atoms with Gasteiger partial charge in [0.15, 0.2) is 0 Å². The van der Waals surface area contributed by atoms with Gasteiger partial charge in [0.1, 0.15) is 12.1 Å². The van der Waals surface area contributed by atoms with E-state index in [1.165, 1.54) is 22.1 Å². The van der Waals surface area contributed by atoms with E-state index in [0.29, 0.717) is 25.6 Å². The molecule has 8 heteroatoms. The number of nitrogens with zero attached hydrogens (tertiary/aromatic N) is 5. The van der Waals surface area contributed by atoms with Gasteiger partial charge >= 0.3 is 0 Å². The Bertz CT molecular complexity index is 1180. The summed E-state index contributed by atoms with van der Waals surface area (Å²) in [6.07, 6.45) is 10.2. The third-order valence-corrected chi connectivity index (χ3v) is 6.96. The highest BCUT2D eigenvalue weighted by molar-refractivity contribution is 5.87. The molecule has 0 radical (unpaired) electrons. The highest BCUT2D eigenvalue weighted by Gasteiger charge is 2.29. The van der Waals surface area contributed by atoms with E-state index in [0.717, 1.165) is 49.4 Å². The molecule has 0 spiro atoms. The second-order valence-corrected chi connectivity index (χ2v) is 8.96. The molecule has 1 unspecified atom stereocenters. The minimum atomic E-state index is 0.0845. The second-order valence-electron chi connectivity index (χ2n) is 8.96. The fourth-order valence-electron chi connectivity index (χ4n) is 5.25. The molecule has 1 atom stereocenters. The largest absolute Gasteiger partial charge is 0.353 e. The lowest BCUT2D eigenvalue weighted by molar-refractivity contribution is -0.126. The molecule has 0 bridgehead atoms. The Kier molecular flexibility index (Phi) is 6.09. The molecule has 2 N–H and O–H groups in total. The van der Waals surface area contributed by atoms with Crippen LogP contribution in [0.15, 0.2) is 36.8 Å². The monoisotopic (exact) mass is 445 g/mol. The van der Waals surface area contributed by atoms with E-state index in [1.54, 1.807) is 12.4 Å². The van der Waals surface area contributed by atoms with Crippen LogP contribution in [-0.2, 0) is 17.6 Å². The predicted octanol–water partition coefficient (Wildman–Crippen LogP) is 2.36. The minimum Gasteiger partial charge on any atom is -0.353 e. The molecule has 172 valence electrons. The van der Waals surface area contributed by atoms with E-state index in [9.17, 15) is 4.79 Å². The summed E-state index contributed by atoms with van der Waals surface area (Å²) in [7, 11) is 1.87. The van der Waals surface area contributed by atoms with Crippen LogP contribution < -0.4 is 10.2 Å². The van der Waals surface area contributed by atoms with Crippen molar-refractivity contribution in [3.63, 3.8) is 0 Å². The van der Waals surface area contributed by atoms with Gasteiger partial charge in [-0.2, -0.15) is 5.10 Å². The Morgan fingerprint density at radius 1 is 1.24 bits per heavy atom. The van der Waals surface area contributed by atoms with Crippen molar-refractivity contribution >= 4 is 22.6 Å². The van der Waals surface area contributed by atoms with E-state index >= 15 is 0 Å². The normalized spacial score (nSPS) is 18.8. The molecule has 2 aromatic heterocycles. The number of hydrogen-bond acceptors (Lipinski definition) is 6. The molecule has 3 aromatic rings. The first kappa shape index (κ1) is 21.6. The Hall–Kier alpha value is -3.26. The first-order valence-corrected chi connectivity index (χ1v) is 11.8. The van der Waals surface area contributed by atoms with Crippen LogP contribution in [0.2, 0.25) is 0 Å². The number of carbonyl (C=O) groups is 1. The number of hydrogen-bond donors (Lipinski definition) is 2. The lowest BCUT2D eigenvalue weighted by Crippen LogP contribution is -2.49. The zero-order chi connectivity index (χ0) is 22.8. The van der Waals surface area contributed by atoms with Crippen molar-refractivity contribution in [2.24, 2.45) is 0 Å². The van der Waals surface area contributed by atoms with Crippen molar-refractivity contribution in [1.82, 2.24) is 30.4 Å². The molecule has 33 heavy (non-hydrogen) atoms. The summed E-state index contributed by atoms with van der Waals surface area (Å²) in [5.41, 5.74) is 6.24. The van der Waals surface area contributed by atoms with Crippen molar-refractivity contribution in [3.05, 3.63) is 59.2 Å². The fraction of sp³-hybridized carbons (Fsp3) is 0.440. The molecule has 5 rings (SSSR count). The van der Waals surface area contributed by atoms with E-state index in [-0.39, 0.29) is 5.91 Å². The highest BCUT2D eigenvalue weighted by atomic mass is 16.2. The number of piperazine rings is 1. The van der Waals surface area contributed by atoms with Crippen LogP contribution in [0.3, 0.4) is 0 Å². The molecule has 1 amide bonds. The van der Waals surface area contributed by atoms with Crippen LogP contribution in [0.25, 0.3) is 10.9 Å². The third kappa shape index (κ3) is 4.23. The van der Waals surface area contributed by atoms with Crippen LogP contribution in [0, 0.1) is 6.92 Å². The molecule has 3 heterocycles. The van der Waals surface area contributed by atoms with Crippen molar-refractivity contribution in [3.8, 4) is 0 Å². The Morgan fingerprint density at radius 3 is 2.91 bits per heavy atom. The minimum absolute atomic E-state index is 0.0845. The predicted molar refractivity (Wildman–Crippen MR) is 129 cm³/mol. The number of aromatic amines is 1. The molecule has 0 saturated carbocycles. The van der Waals surface area contributed by atoms with Crippen LogP contribution in [0.5, 0.6) is 0 Å². The van der Waals surface area contributed by atoms with Crippen LogP contribution in [0.1, 0.15) is 34.7 Å². The van der Waals surface area contributed by atoms with Gasteiger partial charge in [-0.15, -0.1) is 0 Å². The van der Waals surface area contributed by atoms with Gasteiger partial charge in [-0.05, 0) is 56.3 Å². The zero-order valence-corrected chi connectivity index (χ0v) is 19.3. The number of likely N-dealkylation sites (N-methyl/N-ethyl adjacent to an activating group) is 1. The molecule has 8 nitrogen and oxygen atoms in total. The van der Waals surface area contributed by atoms with Crippen molar-refractivity contribution in [2.75, 3.05) is 44.7 Å². The van der Waals surface area contributed by atoms with Gasteiger partial charge in [-0.25, -0.2) is 9.97 Å². The maximum absolute atomic E-state index is 12.4. The summed E-state index contributed by atoms with van der Waals surface area (Å²) < 4.78 is 0. The lowest BCUT2D eigenvalue weighted by atomic mass is 9.79. The Labute approximate surface area is 194 Å². The number of amides is 1. The van der Waals surface area contributed by atoms with Gasteiger partial charge < -0.3 is 15.1 Å². The number of H-pyrrole nitrogens is 1. The summed E-state index contributed by atoms with van der Waals surface area (Å²) in [5, 5.41) is 11.6. The first-order chi connectivity index (χ1) is 16.2. The van der Waals surface area contributed by atoms with Gasteiger partial charge in [0, 0.05) is 55.4 Å². The first-order valence-electron chi connectivity index (χ1n) is 11.8. The molecule has 1 aliphatic heterocycles. The van der Waals surface area contributed by atoms with Crippen LogP contribution in [0.4, 0.5) is 5.82 Å². The molecule has 2 aliphatic rings. The number of aryl methyl sites for hydroxylation is 1. The summed E-state index contributed by atoms with van der Waals surface area (Å²) in [6, 6.07) is 4.30. The number of fused-ring (bicyclic) bond motifs is 2. The summed E-state index contributed by atoms with van der Waals surface area (Å²) in [6.45, 7) is 5.92. The second kappa shape index (κ2) is 9.31. The molecule has 1 aliphatic carbocycles. The van der Waals surface area contributed by atoms with Gasteiger partial charge in [0.05, 0.1) is 11.7 Å². The van der Waals surface area contributed by atoms with Gasteiger partial charge in [-0.3, -0.25) is 9.89 Å². The van der Waals surface area contributed by atoms with E-state index in [2.05, 4.69) is 44.5 Å². The number of carbonyl (C=O) groups excluding carboxylic acids is 1. The van der Waals surface area contributed by atoms with Gasteiger partial charge in [0.25, 0.3) is 0 Å². The van der Waals surface area contributed by atoms with E-state index in [1.807, 2.05) is 24.2 Å². The zero-order valence-electron chi connectivity index (χ0n) is 19.3. The van der Waals surface area contributed by atoms with Crippen molar-refractivity contribution < 1.29 is 4.79 Å². The van der Waals surface area contributed by atoms with Gasteiger partial charge in [0.2, 0.25) is 5.91 Å². The molecular formula is C25H31N7O. The Balaban J connectivity index is 1.31. The van der Waals surface area contributed by atoms with E-state index < -0.39 is 0 Å². The maximum Gasteiger partial charge on any atom is 0.246 e. The fourth-order valence-corrected chi connectivity index (χ4v) is 5.25. The van der Waals surface area contributed by atoms with Gasteiger partial charge in [-0.1, -0.05) is 12.1 Å². The highest BCUT2D eigenvalue weighted by Crippen LogP contribution is 2.39. The summed E-state index contributed by atoms with van der Waals surface area (Å²) in [4.78, 5) is 26.0. The quantitative estimate of drug-likeness (QED) is 0.586. The van der Waals surface area contributed by atoms with Crippen molar-refractivity contribution in [1.29, 1.82) is 0 Å². The standard InChI is InChI=1S/C25H31N7O/c1-17-5-8-21-20(15-29-30-21)24(17)18-6-7-19-22(14-18)27-16-28-25(19)32-12-10-31(11-13-32)23(33)4-3-9-26-2/h3-5,8,15-16,18,26H,6-7,9-14H2,1-2H3,(H,29,30)/b4-3+. The van der Waals surface area contributed by atoms with Crippen molar-refractivity contribution in [2.45, 2.75) is 32.1 Å². The number of nitrogens with one attached hydrogen (secondary N) is 2. The molecule has 1 aromatic carbocycles. The molecular weight excluding hydrogens is 414 g/mol. The SMILES string of the molecule is CNC/C=C/C(=O)N1CCN(c2ncnc3c2CCC(c2c(C)ccc4[nH]ncc24)C3)CC1. The number of benzene rings is 1. The molecule has 1 saturated heterocycles. The lowest BCUT2D eigenvalue weighted by Gasteiger charge is -2.37. The topological polar surface area (TPSA) is 90.0 Å². The third-order valence-electron chi connectivity index (χ3n) is 6.96. The van der Waals surface area contributed by atoms with E-state index in [4.69, 9.17) is 4.98 Å². The average molecular weight is 446 g/mol. The summed E-state index contributed by atoms with van der Waals surface area (Å²) in [5.74, 6) is 1.57. The number of rotatable bonds is 5.